The third kappa shape index (κ3) is 1.60. The highest BCUT2D eigenvalue weighted by Crippen LogP contribution is 2.39. The highest BCUT2D eigenvalue weighted by molar-refractivity contribution is 6.16. The summed E-state index contributed by atoms with van der Waals surface area (Å²) >= 11 is 0. The van der Waals surface area contributed by atoms with Gasteiger partial charge in [0.1, 0.15) is 11.3 Å². The lowest BCUT2D eigenvalue weighted by Crippen LogP contribution is -1.98. The summed E-state index contributed by atoms with van der Waals surface area (Å²) in [5.74, 6) is -2.36. The third-order valence-electron chi connectivity index (χ3n) is 3.29. The van der Waals surface area contributed by atoms with Gasteiger partial charge in [-0.15, -0.1) is 0 Å². The van der Waals surface area contributed by atoms with Gasteiger partial charge in [-0.05, 0) is 34.4 Å². The van der Waals surface area contributed by atoms with Crippen LogP contribution in [0.2, 0.25) is 0 Å². The molecule has 0 atom stereocenters. The lowest BCUT2D eigenvalue weighted by Gasteiger charge is -2.10. The molecule has 0 unspecified atom stereocenters. The molecule has 0 saturated heterocycles. The minimum Gasteiger partial charge on any atom is -0.508 e. The Bertz CT molecular complexity index is 867. The standard InChI is InChI=1S/C15H10O5/c16-8-2-4-9-7(5-8)1-3-10-11(9)6-12(17)14(18)13(10)15(19)20/h1-6,16-18H,(H,19,20). The number of carboxylic acids is 1. The van der Waals surface area contributed by atoms with E-state index in [0.29, 0.717) is 21.5 Å². The first kappa shape index (κ1) is 12.1. The molecule has 0 fully saturated rings. The second-order valence-corrected chi connectivity index (χ2v) is 4.49. The van der Waals surface area contributed by atoms with Gasteiger partial charge in [-0.2, -0.15) is 0 Å². The molecule has 0 aliphatic heterocycles. The van der Waals surface area contributed by atoms with E-state index >= 15 is 0 Å². The van der Waals surface area contributed by atoms with E-state index in [2.05, 4.69) is 0 Å². The van der Waals surface area contributed by atoms with Crippen LogP contribution in [0.25, 0.3) is 21.5 Å². The number of hydrogen-bond acceptors (Lipinski definition) is 4. The van der Waals surface area contributed by atoms with Crippen molar-refractivity contribution in [3.8, 4) is 17.2 Å². The average molecular weight is 270 g/mol. The van der Waals surface area contributed by atoms with Gasteiger partial charge in [0.15, 0.2) is 11.5 Å². The quantitative estimate of drug-likeness (QED) is 0.402. The number of benzene rings is 3. The van der Waals surface area contributed by atoms with Crippen LogP contribution in [-0.4, -0.2) is 26.4 Å². The van der Waals surface area contributed by atoms with Crippen LogP contribution in [0.3, 0.4) is 0 Å². The maximum absolute atomic E-state index is 11.3. The topological polar surface area (TPSA) is 98.0 Å². The number of aromatic carboxylic acids is 1. The van der Waals surface area contributed by atoms with Crippen LogP contribution in [0.4, 0.5) is 0 Å². The molecule has 0 aliphatic rings. The molecule has 4 N–H and O–H groups in total. The summed E-state index contributed by atoms with van der Waals surface area (Å²) in [5.41, 5.74) is -0.338. The Morgan fingerprint density at radius 3 is 2.25 bits per heavy atom. The van der Waals surface area contributed by atoms with E-state index < -0.39 is 17.5 Å². The lowest BCUT2D eigenvalue weighted by molar-refractivity contribution is 0.0695. The summed E-state index contributed by atoms with van der Waals surface area (Å²) in [6, 6.07) is 9.16. The van der Waals surface area contributed by atoms with Crippen LogP contribution in [-0.2, 0) is 0 Å². The Labute approximate surface area is 112 Å². The third-order valence-corrected chi connectivity index (χ3v) is 3.29. The second-order valence-electron chi connectivity index (χ2n) is 4.49. The molecule has 5 heteroatoms. The number of carboxylic acid groups (broad SMARTS) is 1. The molecule has 0 radical (unpaired) electrons. The summed E-state index contributed by atoms with van der Waals surface area (Å²) in [4.78, 5) is 11.3. The Kier molecular flexibility index (Phi) is 2.44. The van der Waals surface area contributed by atoms with E-state index in [1.807, 2.05) is 0 Å². The van der Waals surface area contributed by atoms with Gasteiger partial charge in [0.05, 0.1) is 0 Å². The summed E-state index contributed by atoms with van der Waals surface area (Å²) in [6.07, 6.45) is 0. The van der Waals surface area contributed by atoms with E-state index in [9.17, 15) is 25.2 Å². The Morgan fingerprint density at radius 2 is 1.55 bits per heavy atom. The number of rotatable bonds is 1. The van der Waals surface area contributed by atoms with E-state index in [1.165, 1.54) is 12.1 Å². The predicted octanol–water partition coefficient (Wildman–Crippen LogP) is 2.81. The zero-order valence-corrected chi connectivity index (χ0v) is 10.2. The van der Waals surface area contributed by atoms with Gasteiger partial charge in [-0.3, -0.25) is 0 Å². The number of phenolic OH excluding ortho intramolecular Hbond substituents is 2. The van der Waals surface area contributed by atoms with Crippen LogP contribution >= 0.6 is 0 Å². The van der Waals surface area contributed by atoms with Gasteiger partial charge in [0.2, 0.25) is 0 Å². The maximum atomic E-state index is 11.3. The molecule has 3 rings (SSSR count). The minimum atomic E-state index is -1.32. The van der Waals surface area contributed by atoms with Gasteiger partial charge >= 0.3 is 5.97 Å². The maximum Gasteiger partial charge on any atom is 0.340 e. The van der Waals surface area contributed by atoms with Gasteiger partial charge in [-0.25, -0.2) is 4.79 Å². The van der Waals surface area contributed by atoms with Crippen molar-refractivity contribution >= 4 is 27.5 Å². The van der Waals surface area contributed by atoms with E-state index in [4.69, 9.17) is 0 Å². The summed E-state index contributed by atoms with van der Waals surface area (Å²) in [6.45, 7) is 0. The summed E-state index contributed by atoms with van der Waals surface area (Å²) in [7, 11) is 0. The van der Waals surface area contributed by atoms with Gasteiger partial charge in [0, 0.05) is 5.39 Å². The van der Waals surface area contributed by atoms with Crippen molar-refractivity contribution in [2.75, 3.05) is 0 Å². The Balaban J connectivity index is 2.56. The average Bonchev–Trinajstić information content (AvgIpc) is 2.39. The number of phenols is 3. The molecule has 20 heavy (non-hydrogen) atoms. The monoisotopic (exact) mass is 270 g/mol. The van der Waals surface area contributed by atoms with Gasteiger partial charge in [0.25, 0.3) is 0 Å². The largest absolute Gasteiger partial charge is 0.508 e. The summed E-state index contributed by atoms with van der Waals surface area (Å²) < 4.78 is 0. The molecule has 0 aromatic heterocycles. The molecular weight excluding hydrogens is 260 g/mol. The molecule has 5 nitrogen and oxygen atoms in total. The van der Waals surface area contributed by atoms with Crippen molar-refractivity contribution < 1.29 is 25.2 Å². The van der Waals surface area contributed by atoms with Gasteiger partial charge in [-0.1, -0.05) is 18.2 Å². The molecule has 3 aromatic carbocycles. The molecule has 100 valence electrons. The number of hydrogen-bond donors (Lipinski definition) is 4. The van der Waals surface area contributed by atoms with E-state index in [-0.39, 0.29) is 11.3 Å². The predicted molar refractivity (Wildman–Crippen MR) is 73.4 cm³/mol. The number of fused-ring (bicyclic) bond motifs is 3. The fourth-order valence-corrected chi connectivity index (χ4v) is 2.39. The van der Waals surface area contributed by atoms with Crippen molar-refractivity contribution in [1.29, 1.82) is 0 Å². The first-order valence-electron chi connectivity index (χ1n) is 5.82. The molecule has 0 saturated carbocycles. The molecule has 3 aromatic rings. The van der Waals surface area contributed by atoms with Gasteiger partial charge < -0.3 is 20.4 Å². The number of carbonyl (C=O) groups is 1. The molecule has 0 aliphatic carbocycles. The molecule has 0 heterocycles. The zero-order chi connectivity index (χ0) is 14.4. The minimum absolute atomic E-state index is 0.0957. The Hall–Kier alpha value is -2.95. The fourth-order valence-electron chi connectivity index (χ4n) is 2.39. The van der Waals surface area contributed by atoms with Crippen LogP contribution in [0.1, 0.15) is 10.4 Å². The molecule has 0 spiro atoms. The van der Waals surface area contributed by atoms with Crippen molar-refractivity contribution in [2.24, 2.45) is 0 Å². The van der Waals surface area contributed by atoms with Crippen LogP contribution in [0.5, 0.6) is 17.2 Å². The highest BCUT2D eigenvalue weighted by atomic mass is 16.4. The fraction of sp³-hybridized carbons (Fsp3) is 0. The highest BCUT2D eigenvalue weighted by Gasteiger charge is 2.19. The SMILES string of the molecule is O=C(O)c1c(O)c(O)cc2c1ccc1cc(O)ccc12. The lowest BCUT2D eigenvalue weighted by atomic mass is 9.97. The van der Waals surface area contributed by atoms with E-state index in [0.717, 1.165) is 0 Å². The first-order chi connectivity index (χ1) is 9.49. The van der Waals surface area contributed by atoms with E-state index in [1.54, 1.807) is 24.3 Å². The van der Waals surface area contributed by atoms with Crippen molar-refractivity contribution in [1.82, 2.24) is 0 Å². The second kappa shape index (κ2) is 4.03. The van der Waals surface area contributed by atoms with Crippen LogP contribution in [0, 0.1) is 0 Å². The smallest absolute Gasteiger partial charge is 0.340 e. The normalized spacial score (nSPS) is 11.0. The Morgan fingerprint density at radius 1 is 0.850 bits per heavy atom. The summed E-state index contributed by atoms with van der Waals surface area (Å²) in [5, 5.41) is 40.3. The molecular formula is C15H10O5. The van der Waals surface area contributed by atoms with Crippen molar-refractivity contribution in [3.63, 3.8) is 0 Å². The van der Waals surface area contributed by atoms with Crippen molar-refractivity contribution in [3.05, 3.63) is 42.0 Å². The zero-order valence-electron chi connectivity index (χ0n) is 10.2. The van der Waals surface area contributed by atoms with Crippen molar-refractivity contribution in [2.45, 2.75) is 0 Å². The molecule has 0 amide bonds. The first-order valence-corrected chi connectivity index (χ1v) is 5.82. The molecule has 0 bridgehead atoms. The number of aromatic hydroxyl groups is 3. The van der Waals surface area contributed by atoms with Crippen LogP contribution in [0.15, 0.2) is 36.4 Å². The van der Waals surface area contributed by atoms with Crippen LogP contribution < -0.4 is 0 Å².